The molecule has 0 bridgehead atoms. The summed E-state index contributed by atoms with van der Waals surface area (Å²) < 4.78 is 13.0. The first-order valence-electron chi connectivity index (χ1n) is 9.70. The van der Waals surface area contributed by atoms with Gasteiger partial charge < -0.3 is 16.0 Å². The number of carbonyl (C=O) groups is 2. The first-order valence-corrected chi connectivity index (χ1v) is 9.70. The molecule has 28 heavy (non-hydrogen) atoms. The van der Waals surface area contributed by atoms with Crippen molar-refractivity contribution in [2.45, 2.75) is 25.8 Å². The molecule has 1 spiro atoms. The van der Waals surface area contributed by atoms with Crippen molar-refractivity contribution in [2.24, 2.45) is 11.3 Å². The van der Waals surface area contributed by atoms with E-state index >= 15 is 0 Å². The number of benzene rings is 2. The molecule has 1 saturated heterocycles. The molecule has 2 fully saturated rings. The van der Waals surface area contributed by atoms with Crippen molar-refractivity contribution in [3.05, 3.63) is 65.5 Å². The van der Waals surface area contributed by atoms with Crippen LogP contribution in [0.25, 0.3) is 0 Å². The minimum atomic E-state index is -0.378. The fourth-order valence-electron chi connectivity index (χ4n) is 4.07. The predicted octanol–water partition coefficient (Wildman–Crippen LogP) is 3.08. The lowest BCUT2D eigenvalue weighted by molar-refractivity contribution is -0.123. The van der Waals surface area contributed by atoms with Gasteiger partial charge in [-0.15, -0.1) is 0 Å². The minimum Gasteiger partial charge on any atom is -0.352 e. The van der Waals surface area contributed by atoms with Crippen molar-refractivity contribution in [1.82, 2.24) is 10.6 Å². The van der Waals surface area contributed by atoms with E-state index in [-0.39, 0.29) is 29.0 Å². The zero-order valence-corrected chi connectivity index (χ0v) is 15.6. The van der Waals surface area contributed by atoms with Crippen molar-refractivity contribution in [3.63, 3.8) is 0 Å². The third-order valence-electron chi connectivity index (χ3n) is 5.86. The van der Waals surface area contributed by atoms with Gasteiger partial charge in [-0.2, -0.15) is 0 Å². The van der Waals surface area contributed by atoms with Crippen LogP contribution in [0.4, 0.5) is 10.1 Å². The Bertz CT molecular complexity index is 876. The number of halogens is 1. The van der Waals surface area contributed by atoms with Crippen LogP contribution in [0.5, 0.6) is 0 Å². The molecule has 1 saturated carbocycles. The molecule has 1 heterocycles. The third-order valence-corrected chi connectivity index (χ3v) is 5.86. The van der Waals surface area contributed by atoms with E-state index in [0.29, 0.717) is 17.8 Å². The second kappa shape index (κ2) is 7.72. The van der Waals surface area contributed by atoms with E-state index in [0.717, 1.165) is 37.9 Å². The summed E-state index contributed by atoms with van der Waals surface area (Å²) in [4.78, 5) is 24.8. The highest BCUT2D eigenvalue weighted by atomic mass is 19.1. The Balaban J connectivity index is 1.32. The number of hydrogen-bond acceptors (Lipinski definition) is 3. The number of carbonyl (C=O) groups excluding carboxylic acids is 2. The highest BCUT2D eigenvalue weighted by Crippen LogP contribution is 2.58. The molecule has 2 aliphatic rings. The first-order chi connectivity index (χ1) is 13.6. The molecule has 2 aromatic carbocycles. The molecule has 1 aliphatic heterocycles. The van der Waals surface area contributed by atoms with Crippen molar-refractivity contribution >= 4 is 17.5 Å². The lowest BCUT2D eigenvalue weighted by Gasteiger charge is -2.23. The van der Waals surface area contributed by atoms with E-state index in [2.05, 4.69) is 16.0 Å². The van der Waals surface area contributed by atoms with E-state index in [1.165, 1.54) is 24.3 Å². The van der Waals surface area contributed by atoms with E-state index in [1.807, 2.05) is 18.2 Å². The highest BCUT2D eigenvalue weighted by molar-refractivity contribution is 6.04. The van der Waals surface area contributed by atoms with Crippen LogP contribution in [-0.4, -0.2) is 24.9 Å². The maximum Gasteiger partial charge on any atom is 0.255 e. The molecule has 0 radical (unpaired) electrons. The fourth-order valence-corrected chi connectivity index (χ4v) is 4.07. The summed E-state index contributed by atoms with van der Waals surface area (Å²) >= 11 is 0. The van der Waals surface area contributed by atoms with Gasteiger partial charge in [0.1, 0.15) is 5.82 Å². The summed E-state index contributed by atoms with van der Waals surface area (Å²) in [6.07, 6.45) is 3.15. The van der Waals surface area contributed by atoms with Crippen LogP contribution in [0, 0.1) is 17.2 Å². The second-order valence-electron chi connectivity index (χ2n) is 7.75. The molecular weight excluding hydrogens is 357 g/mol. The van der Waals surface area contributed by atoms with Crippen molar-refractivity contribution < 1.29 is 14.0 Å². The Morgan fingerprint density at radius 3 is 2.61 bits per heavy atom. The third kappa shape index (κ3) is 4.07. The summed E-state index contributed by atoms with van der Waals surface area (Å²) in [7, 11) is 0. The maximum atomic E-state index is 13.0. The molecular formula is C22H24FN3O2. The molecule has 4 rings (SSSR count). The Morgan fingerprint density at radius 2 is 1.86 bits per heavy atom. The molecule has 1 aliphatic carbocycles. The van der Waals surface area contributed by atoms with Crippen LogP contribution in [-0.2, 0) is 11.3 Å². The number of anilines is 1. The monoisotopic (exact) mass is 381 g/mol. The van der Waals surface area contributed by atoms with Gasteiger partial charge in [-0.3, -0.25) is 9.59 Å². The lowest BCUT2D eigenvalue weighted by atomic mass is 9.92. The topological polar surface area (TPSA) is 70.2 Å². The Labute approximate surface area is 163 Å². The first kappa shape index (κ1) is 18.6. The quantitative estimate of drug-likeness (QED) is 0.745. The van der Waals surface area contributed by atoms with E-state index < -0.39 is 0 Å². The number of hydrogen-bond donors (Lipinski definition) is 3. The van der Waals surface area contributed by atoms with Crippen molar-refractivity contribution in [1.29, 1.82) is 0 Å². The van der Waals surface area contributed by atoms with Gasteiger partial charge in [0.2, 0.25) is 5.91 Å². The SMILES string of the molecule is O=C(Nc1cccc(CNC(=O)C2CC23CCNCC3)c1)c1ccc(F)cc1. The van der Waals surface area contributed by atoms with Gasteiger partial charge in [0, 0.05) is 23.7 Å². The zero-order valence-electron chi connectivity index (χ0n) is 15.6. The molecule has 2 aromatic rings. The Hall–Kier alpha value is -2.73. The van der Waals surface area contributed by atoms with Crippen LogP contribution >= 0.6 is 0 Å². The van der Waals surface area contributed by atoms with Crippen molar-refractivity contribution in [2.75, 3.05) is 18.4 Å². The van der Waals surface area contributed by atoms with Gasteiger partial charge in [-0.05, 0) is 79.7 Å². The van der Waals surface area contributed by atoms with Crippen molar-refractivity contribution in [3.8, 4) is 0 Å². The van der Waals surface area contributed by atoms with Crippen LogP contribution in [0.3, 0.4) is 0 Å². The largest absolute Gasteiger partial charge is 0.352 e. The van der Waals surface area contributed by atoms with Crippen LogP contribution in [0.1, 0.15) is 35.2 Å². The normalized spacial score (nSPS) is 19.8. The van der Waals surface area contributed by atoms with Gasteiger partial charge >= 0.3 is 0 Å². The smallest absolute Gasteiger partial charge is 0.255 e. The van der Waals surface area contributed by atoms with Gasteiger partial charge in [0.15, 0.2) is 0 Å². The fraction of sp³-hybridized carbons (Fsp3) is 0.364. The van der Waals surface area contributed by atoms with Gasteiger partial charge in [-0.1, -0.05) is 12.1 Å². The summed E-state index contributed by atoms with van der Waals surface area (Å²) in [5, 5.41) is 9.19. The summed E-state index contributed by atoms with van der Waals surface area (Å²) in [5.74, 6) is -0.415. The summed E-state index contributed by atoms with van der Waals surface area (Å²) in [6, 6.07) is 12.8. The Kier molecular flexibility index (Phi) is 5.13. The average molecular weight is 381 g/mol. The average Bonchev–Trinajstić information content (AvgIpc) is 3.40. The van der Waals surface area contributed by atoms with Crippen LogP contribution < -0.4 is 16.0 Å². The Morgan fingerprint density at radius 1 is 1.11 bits per heavy atom. The molecule has 0 aromatic heterocycles. The summed E-state index contributed by atoms with van der Waals surface area (Å²) in [6.45, 7) is 2.43. The van der Waals surface area contributed by atoms with Gasteiger partial charge in [0.05, 0.1) is 0 Å². The molecule has 1 atom stereocenters. The van der Waals surface area contributed by atoms with Gasteiger partial charge in [-0.25, -0.2) is 4.39 Å². The summed E-state index contributed by atoms with van der Waals surface area (Å²) in [5.41, 5.74) is 2.18. The minimum absolute atomic E-state index is 0.127. The second-order valence-corrected chi connectivity index (χ2v) is 7.75. The maximum absolute atomic E-state index is 13.0. The molecule has 1 unspecified atom stereocenters. The van der Waals surface area contributed by atoms with Crippen LogP contribution in [0.2, 0.25) is 0 Å². The molecule has 6 heteroatoms. The van der Waals surface area contributed by atoms with Gasteiger partial charge in [0.25, 0.3) is 5.91 Å². The lowest BCUT2D eigenvalue weighted by Crippen LogP contribution is -2.33. The molecule has 3 N–H and O–H groups in total. The standard InChI is InChI=1S/C22H24FN3O2/c23-17-6-4-16(5-7-17)20(27)26-18-3-1-2-15(12-18)14-25-21(28)19-13-22(19)8-10-24-11-9-22/h1-7,12,19,24H,8-11,13-14H2,(H,25,28)(H,26,27). The molecule has 146 valence electrons. The number of rotatable bonds is 5. The zero-order chi connectivity index (χ0) is 19.6. The molecule has 2 amide bonds. The van der Waals surface area contributed by atoms with E-state index in [4.69, 9.17) is 0 Å². The number of piperidine rings is 1. The highest BCUT2D eigenvalue weighted by Gasteiger charge is 2.57. The van der Waals surface area contributed by atoms with Crippen LogP contribution in [0.15, 0.2) is 48.5 Å². The predicted molar refractivity (Wildman–Crippen MR) is 105 cm³/mol. The number of nitrogens with one attached hydrogen (secondary N) is 3. The molecule has 5 nitrogen and oxygen atoms in total. The van der Waals surface area contributed by atoms with E-state index in [1.54, 1.807) is 6.07 Å². The van der Waals surface area contributed by atoms with E-state index in [9.17, 15) is 14.0 Å². The number of amides is 2.